The summed E-state index contributed by atoms with van der Waals surface area (Å²) in [5, 5.41) is 3.86. The molecule has 0 aliphatic heterocycles. The Balaban J connectivity index is 2.04. The number of allylic oxidation sites excluding steroid dienone is 1. The van der Waals surface area contributed by atoms with Crippen molar-refractivity contribution in [3.05, 3.63) is 74.3 Å². The standard InChI is InChI=1S/C16H12BrCl2NO/c1-10-8-12(3-4-13(10)17)20-7-6-16(21)11-2-5-14(18)15(19)9-11/h2-9,20H,1H3. The van der Waals surface area contributed by atoms with Gasteiger partial charge in [-0.3, -0.25) is 4.79 Å². The number of halogens is 3. The second-order valence-electron chi connectivity index (χ2n) is 4.43. The zero-order valence-electron chi connectivity index (χ0n) is 11.2. The maximum absolute atomic E-state index is 12.0. The monoisotopic (exact) mass is 383 g/mol. The Morgan fingerprint density at radius 1 is 1.14 bits per heavy atom. The molecular weight excluding hydrogens is 373 g/mol. The van der Waals surface area contributed by atoms with Crippen LogP contribution >= 0.6 is 39.1 Å². The van der Waals surface area contributed by atoms with E-state index in [1.807, 2.05) is 25.1 Å². The van der Waals surface area contributed by atoms with E-state index in [2.05, 4.69) is 21.2 Å². The van der Waals surface area contributed by atoms with Gasteiger partial charge < -0.3 is 5.32 Å². The average Bonchev–Trinajstić information content (AvgIpc) is 2.45. The SMILES string of the molecule is Cc1cc(NC=CC(=O)c2ccc(Cl)c(Cl)c2)ccc1Br. The van der Waals surface area contributed by atoms with Crippen molar-refractivity contribution in [3.63, 3.8) is 0 Å². The molecule has 0 unspecified atom stereocenters. The van der Waals surface area contributed by atoms with E-state index in [1.54, 1.807) is 24.4 Å². The first-order valence-corrected chi connectivity index (χ1v) is 7.71. The third-order valence-corrected chi connectivity index (χ3v) is 4.48. The molecule has 5 heteroatoms. The molecule has 21 heavy (non-hydrogen) atoms. The fourth-order valence-electron chi connectivity index (χ4n) is 1.69. The molecule has 2 rings (SSSR count). The lowest BCUT2D eigenvalue weighted by atomic mass is 10.1. The van der Waals surface area contributed by atoms with Crippen LogP contribution in [0.1, 0.15) is 15.9 Å². The van der Waals surface area contributed by atoms with Gasteiger partial charge in [0.05, 0.1) is 10.0 Å². The van der Waals surface area contributed by atoms with Crippen molar-refractivity contribution in [2.75, 3.05) is 5.32 Å². The first kappa shape index (κ1) is 16.1. The van der Waals surface area contributed by atoms with Crippen molar-refractivity contribution >= 4 is 50.6 Å². The molecule has 0 spiro atoms. The molecule has 0 atom stereocenters. The number of ketones is 1. The van der Waals surface area contributed by atoms with Gasteiger partial charge in [0.1, 0.15) is 0 Å². The molecular formula is C16H12BrCl2NO. The molecule has 0 aliphatic rings. The summed E-state index contributed by atoms with van der Waals surface area (Å²) in [6.45, 7) is 2.00. The first-order valence-electron chi connectivity index (χ1n) is 6.16. The Morgan fingerprint density at radius 3 is 2.57 bits per heavy atom. The summed E-state index contributed by atoms with van der Waals surface area (Å²) >= 11 is 15.2. The Bertz CT molecular complexity index is 713. The molecule has 1 N–H and O–H groups in total. The van der Waals surface area contributed by atoms with Gasteiger partial charge >= 0.3 is 0 Å². The number of benzene rings is 2. The Kier molecular flexibility index (Phi) is 5.45. The molecule has 0 heterocycles. The van der Waals surface area contributed by atoms with Crippen LogP contribution in [0.15, 0.2) is 53.1 Å². The topological polar surface area (TPSA) is 29.1 Å². The molecule has 0 saturated heterocycles. The molecule has 0 aliphatic carbocycles. The zero-order valence-corrected chi connectivity index (χ0v) is 14.3. The summed E-state index contributed by atoms with van der Waals surface area (Å²) in [6, 6.07) is 10.7. The molecule has 2 aromatic carbocycles. The molecule has 108 valence electrons. The second-order valence-corrected chi connectivity index (χ2v) is 6.10. The van der Waals surface area contributed by atoms with Crippen LogP contribution in [0.2, 0.25) is 10.0 Å². The van der Waals surface area contributed by atoms with Gasteiger partial charge in [0, 0.05) is 28.0 Å². The van der Waals surface area contributed by atoms with E-state index in [0.29, 0.717) is 15.6 Å². The van der Waals surface area contributed by atoms with E-state index in [1.165, 1.54) is 6.08 Å². The fourth-order valence-corrected chi connectivity index (χ4v) is 2.24. The lowest BCUT2D eigenvalue weighted by Gasteiger charge is -2.04. The van der Waals surface area contributed by atoms with Gasteiger partial charge in [-0.25, -0.2) is 0 Å². The van der Waals surface area contributed by atoms with E-state index >= 15 is 0 Å². The zero-order chi connectivity index (χ0) is 15.4. The molecule has 0 amide bonds. The minimum absolute atomic E-state index is 0.144. The highest BCUT2D eigenvalue weighted by molar-refractivity contribution is 9.10. The number of carbonyl (C=O) groups is 1. The third-order valence-electron chi connectivity index (χ3n) is 2.85. The molecule has 0 radical (unpaired) electrons. The number of nitrogens with one attached hydrogen (secondary N) is 1. The van der Waals surface area contributed by atoms with E-state index in [0.717, 1.165) is 15.7 Å². The van der Waals surface area contributed by atoms with Gasteiger partial charge in [0.2, 0.25) is 0 Å². The number of aryl methyl sites for hydroxylation is 1. The normalized spacial score (nSPS) is 10.9. The lowest BCUT2D eigenvalue weighted by Crippen LogP contribution is -1.96. The summed E-state index contributed by atoms with van der Waals surface area (Å²) in [5.74, 6) is -0.144. The third kappa shape index (κ3) is 4.34. The van der Waals surface area contributed by atoms with Crippen LogP contribution in [0.3, 0.4) is 0 Å². The lowest BCUT2D eigenvalue weighted by molar-refractivity contribution is 0.104. The van der Waals surface area contributed by atoms with Crippen molar-refractivity contribution in [1.82, 2.24) is 0 Å². The van der Waals surface area contributed by atoms with Crippen molar-refractivity contribution in [2.45, 2.75) is 6.92 Å². The number of anilines is 1. The van der Waals surface area contributed by atoms with Crippen LogP contribution in [-0.4, -0.2) is 5.78 Å². The first-order chi connectivity index (χ1) is 9.97. The van der Waals surface area contributed by atoms with Gasteiger partial charge in [-0.15, -0.1) is 0 Å². The van der Waals surface area contributed by atoms with E-state index in [-0.39, 0.29) is 5.78 Å². The molecule has 0 aromatic heterocycles. The van der Waals surface area contributed by atoms with Gasteiger partial charge in [-0.2, -0.15) is 0 Å². The van der Waals surface area contributed by atoms with Crippen LogP contribution in [0.5, 0.6) is 0 Å². The number of hydrogen-bond acceptors (Lipinski definition) is 2. The Labute approximate surface area is 141 Å². The molecule has 0 bridgehead atoms. The minimum atomic E-state index is -0.144. The quantitative estimate of drug-likeness (QED) is 0.527. The van der Waals surface area contributed by atoms with Crippen molar-refractivity contribution < 1.29 is 4.79 Å². The number of hydrogen-bond donors (Lipinski definition) is 1. The molecule has 0 fully saturated rings. The Morgan fingerprint density at radius 2 is 1.90 bits per heavy atom. The van der Waals surface area contributed by atoms with Crippen LogP contribution in [0.4, 0.5) is 5.69 Å². The summed E-state index contributed by atoms with van der Waals surface area (Å²) in [5.41, 5.74) is 2.52. The van der Waals surface area contributed by atoms with E-state index in [9.17, 15) is 4.79 Å². The number of carbonyl (C=O) groups excluding carboxylic acids is 1. The molecule has 2 nitrogen and oxygen atoms in total. The number of rotatable bonds is 4. The fraction of sp³-hybridized carbons (Fsp3) is 0.0625. The van der Waals surface area contributed by atoms with Crippen LogP contribution in [0, 0.1) is 6.92 Å². The van der Waals surface area contributed by atoms with Gasteiger partial charge in [-0.05, 0) is 48.9 Å². The predicted octanol–water partition coefficient (Wildman–Crippen LogP) is 5.87. The van der Waals surface area contributed by atoms with Crippen molar-refractivity contribution in [1.29, 1.82) is 0 Å². The van der Waals surface area contributed by atoms with Crippen LogP contribution < -0.4 is 5.32 Å². The van der Waals surface area contributed by atoms with Crippen molar-refractivity contribution in [2.24, 2.45) is 0 Å². The van der Waals surface area contributed by atoms with E-state index in [4.69, 9.17) is 23.2 Å². The summed E-state index contributed by atoms with van der Waals surface area (Å²) in [7, 11) is 0. The van der Waals surface area contributed by atoms with Crippen LogP contribution in [0.25, 0.3) is 0 Å². The maximum atomic E-state index is 12.0. The highest BCUT2D eigenvalue weighted by atomic mass is 79.9. The molecule has 2 aromatic rings. The van der Waals surface area contributed by atoms with Crippen LogP contribution in [-0.2, 0) is 0 Å². The van der Waals surface area contributed by atoms with Gasteiger partial charge in [-0.1, -0.05) is 39.1 Å². The second kappa shape index (κ2) is 7.12. The minimum Gasteiger partial charge on any atom is -0.362 e. The summed E-state index contributed by atoms with van der Waals surface area (Å²) in [6.07, 6.45) is 3.06. The highest BCUT2D eigenvalue weighted by Gasteiger charge is 2.05. The largest absolute Gasteiger partial charge is 0.362 e. The van der Waals surface area contributed by atoms with Crippen molar-refractivity contribution in [3.8, 4) is 0 Å². The maximum Gasteiger partial charge on any atom is 0.187 e. The van der Waals surface area contributed by atoms with Gasteiger partial charge in [0.25, 0.3) is 0 Å². The molecule has 0 saturated carbocycles. The summed E-state index contributed by atoms with van der Waals surface area (Å²) in [4.78, 5) is 12.0. The highest BCUT2D eigenvalue weighted by Crippen LogP contribution is 2.23. The Hall–Kier alpha value is -1.29. The smallest absolute Gasteiger partial charge is 0.187 e. The predicted molar refractivity (Wildman–Crippen MR) is 92.4 cm³/mol. The van der Waals surface area contributed by atoms with E-state index < -0.39 is 0 Å². The van der Waals surface area contributed by atoms with Gasteiger partial charge in [0.15, 0.2) is 5.78 Å². The summed E-state index contributed by atoms with van der Waals surface area (Å²) < 4.78 is 1.05. The average molecular weight is 385 g/mol.